The van der Waals surface area contributed by atoms with Crippen LogP contribution in [0.2, 0.25) is 0 Å². The van der Waals surface area contributed by atoms with Gasteiger partial charge in [0.15, 0.2) is 0 Å². The predicted octanol–water partition coefficient (Wildman–Crippen LogP) is 3.14. The first kappa shape index (κ1) is 16.9. The van der Waals surface area contributed by atoms with Crippen LogP contribution in [0.5, 0.6) is 0 Å². The van der Waals surface area contributed by atoms with Crippen molar-refractivity contribution in [2.75, 3.05) is 6.54 Å². The molecule has 25 heavy (non-hydrogen) atoms. The van der Waals surface area contributed by atoms with E-state index in [1.807, 2.05) is 42.1 Å². The predicted molar refractivity (Wildman–Crippen MR) is 92.1 cm³/mol. The Bertz CT molecular complexity index is 911. The number of aryl methyl sites for hydroxylation is 1. The third-order valence-electron chi connectivity index (χ3n) is 3.95. The number of imidazole rings is 1. The number of carbonyl (C=O) groups is 1. The molecular formula is C18H18F2N4O. The minimum atomic E-state index is -2.63. The molecule has 0 bridgehead atoms. The van der Waals surface area contributed by atoms with Gasteiger partial charge in [0.05, 0.1) is 0 Å². The molecule has 2 aromatic heterocycles. The first-order valence-corrected chi connectivity index (χ1v) is 7.86. The van der Waals surface area contributed by atoms with E-state index in [1.54, 1.807) is 6.08 Å². The number of hydrogen-bond donors (Lipinski definition) is 1. The number of amides is 1. The summed E-state index contributed by atoms with van der Waals surface area (Å²) in [5, 5.41) is 3.74. The molecule has 0 aliphatic heterocycles. The van der Waals surface area contributed by atoms with Gasteiger partial charge in [0.2, 0.25) is 5.91 Å². The SMILES string of the molecule is Cn1cc(C=CC(=O)NCCc2nccn2C(F)F)c2ccccc21. The topological polar surface area (TPSA) is 51.9 Å². The van der Waals surface area contributed by atoms with Gasteiger partial charge < -0.3 is 9.88 Å². The highest BCUT2D eigenvalue weighted by Gasteiger charge is 2.11. The second-order valence-electron chi connectivity index (χ2n) is 5.62. The number of benzene rings is 1. The van der Waals surface area contributed by atoms with Gasteiger partial charge >= 0.3 is 6.55 Å². The van der Waals surface area contributed by atoms with Gasteiger partial charge in [-0.2, -0.15) is 8.78 Å². The zero-order chi connectivity index (χ0) is 17.8. The van der Waals surface area contributed by atoms with Crippen molar-refractivity contribution in [2.24, 2.45) is 7.05 Å². The number of fused-ring (bicyclic) bond motifs is 1. The maximum Gasteiger partial charge on any atom is 0.319 e. The fraction of sp³-hybridized carbons (Fsp3) is 0.222. The van der Waals surface area contributed by atoms with Crippen LogP contribution in [0.3, 0.4) is 0 Å². The van der Waals surface area contributed by atoms with Gasteiger partial charge in [-0.15, -0.1) is 0 Å². The van der Waals surface area contributed by atoms with Crippen molar-refractivity contribution in [1.29, 1.82) is 0 Å². The van der Waals surface area contributed by atoms with Crippen LogP contribution in [0.15, 0.2) is 48.9 Å². The van der Waals surface area contributed by atoms with Crippen LogP contribution in [0.4, 0.5) is 8.78 Å². The fourth-order valence-corrected chi connectivity index (χ4v) is 2.74. The van der Waals surface area contributed by atoms with Crippen LogP contribution in [-0.4, -0.2) is 26.6 Å². The first-order valence-electron chi connectivity index (χ1n) is 7.86. The minimum Gasteiger partial charge on any atom is -0.352 e. The highest BCUT2D eigenvalue weighted by atomic mass is 19.3. The number of rotatable bonds is 6. The van der Waals surface area contributed by atoms with E-state index in [2.05, 4.69) is 10.3 Å². The second-order valence-corrected chi connectivity index (χ2v) is 5.62. The summed E-state index contributed by atoms with van der Waals surface area (Å²) in [6.07, 6.45) is 7.93. The quantitative estimate of drug-likeness (QED) is 0.699. The molecule has 1 amide bonds. The number of nitrogens with zero attached hydrogens (tertiary/aromatic N) is 3. The number of nitrogens with one attached hydrogen (secondary N) is 1. The van der Waals surface area contributed by atoms with Crippen molar-refractivity contribution < 1.29 is 13.6 Å². The molecule has 0 radical (unpaired) electrons. The third-order valence-corrected chi connectivity index (χ3v) is 3.95. The van der Waals surface area contributed by atoms with Crippen LogP contribution >= 0.6 is 0 Å². The molecule has 0 saturated carbocycles. The summed E-state index contributed by atoms with van der Waals surface area (Å²) < 4.78 is 28.2. The summed E-state index contributed by atoms with van der Waals surface area (Å²) >= 11 is 0. The van der Waals surface area contributed by atoms with E-state index >= 15 is 0 Å². The Hall–Kier alpha value is -2.96. The van der Waals surface area contributed by atoms with Crippen LogP contribution in [-0.2, 0) is 18.3 Å². The molecule has 1 N–H and O–H groups in total. The van der Waals surface area contributed by atoms with E-state index in [4.69, 9.17) is 0 Å². The molecule has 3 aromatic rings. The molecule has 0 saturated heterocycles. The highest BCUT2D eigenvalue weighted by Crippen LogP contribution is 2.21. The first-order chi connectivity index (χ1) is 12.1. The molecule has 0 fully saturated rings. The number of alkyl halides is 2. The molecule has 3 rings (SSSR count). The third kappa shape index (κ3) is 3.76. The summed E-state index contributed by atoms with van der Waals surface area (Å²) in [6, 6.07) is 7.92. The Kier molecular flexibility index (Phi) is 4.92. The summed E-state index contributed by atoms with van der Waals surface area (Å²) in [5.41, 5.74) is 2.03. The Balaban J connectivity index is 1.59. The zero-order valence-electron chi connectivity index (χ0n) is 13.7. The molecule has 0 atom stereocenters. The molecule has 0 aliphatic carbocycles. The molecule has 5 nitrogen and oxygen atoms in total. The van der Waals surface area contributed by atoms with Gasteiger partial charge in [0, 0.05) is 61.1 Å². The number of hydrogen-bond acceptors (Lipinski definition) is 2. The Morgan fingerprint density at radius 1 is 1.36 bits per heavy atom. The van der Waals surface area contributed by atoms with E-state index in [0.29, 0.717) is 0 Å². The second kappa shape index (κ2) is 7.29. The molecule has 2 heterocycles. The van der Waals surface area contributed by atoms with Gasteiger partial charge in [0.1, 0.15) is 5.82 Å². The molecule has 1 aromatic carbocycles. The lowest BCUT2D eigenvalue weighted by atomic mass is 10.1. The van der Waals surface area contributed by atoms with Gasteiger partial charge in [-0.05, 0) is 12.1 Å². The molecule has 0 aliphatic rings. The number of para-hydroxylation sites is 1. The van der Waals surface area contributed by atoms with Crippen molar-refractivity contribution in [2.45, 2.75) is 13.0 Å². The van der Waals surface area contributed by atoms with E-state index in [-0.39, 0.29) is 24.7 Å². The van der Waals surface area contributed by atoms with Crippen molar-refractivity contribution in [3.05, 3.63) is 60.3 Å². The van der Waals surface area contributed by atoms with E-state index in [0.717, 1.165) is 21.0 Å². The van der Waals surface area contributed by atoms with Gasteiger partial charge in [-0.3, -0.25) is 9.36 Å². The summed E-state index contributed by atoms with van der Waals surface area (Å²) in [6.45, 7) is -2.39. The Morgan fingerprint density at radius 2 is 2.16 bits per heavy atom. The van der Waals surface area contributed by atoms with E-state index < -0.39 is 6.55 Å². The average Bonchev–Trinajstić information content (AvgIpc) is 3.18. The monoisotopic (exact) mass is 344 g/mol. The molecule has 0 unspecified atom stereocenters. The summed E-state index contributed by atoms with van der Waals surface area (Å²) in [4.78, 5) is 15.8. The lowest BCUT2D eigenvalue weighted by Crippen LogP contribution is -2.24. The van der Waals surface area contributed by atoms with Crippen molar-refractivity contribution >= 4 is 22.9 Å². The lowest BCUT2D eigenvalue weighted by Gasteiger charge is -2.06. The normalized spacial score (nSPS) is 11.7. The Morgan fingerprint density at radius 3 is 2.96 bits per heavy atom. The minimum absolute atomic E-state index is 0.239. The number of halogens is 2. The van der Waals surface area contributed by atoms with Crippen LogP contribution < -0.4 is 5.32 Å². The number of carbonyl (C=O) groups excluding carboxylic acids is 1. The highest BCUT2D eigenvalue weighted by molar-refractivity contribution is 5.96. The zero-order valence-corrected chi connectivity index (χ0v) is 13.7. The van der Waals surface area contributed by atoms with E-state index in [1.165, 1.54) is 18.5 Å². The van der Waals surface area contributed by atoms with Crippen molar-refractivity contribution in [1.82, 2.24) is 19.4 Å². The smallest absolute Gasteiger partial charge is 0.319 e. The fourth-order valence-electron chi connectivity index (χ4n) is 2.74. The number of aromatic nitrogens is 3. The van der Waals surface area contributed by atoms with Gasteiger partial charge in [-0.25, -0.2) is 4.98 Å². The summed E-state index contributed by atoms with van der Waals surface area (Å²) in [5.74, 6) is -0.0311. The average molecular weight is 344 g/mol. The van der Waals surface area contributed by atoms with Gasteiger partial charge in [-0.1, -0.05) is 18.2 Å². The van der Waals surface area contributed by atoms with E-state index in [9.17, 15) is 13.6 Å². The molecule has 130 valence electrons. The van der Waals surface area contributed by atoms with Crippen molar-refractivity contribution in [3.63, 3.8) is 0 Å². The Labute approximate surface area is 143 Å². The lowest BCUT2D eigenvalue weighted by molar-refractivity contribution is -0.116. The maximum absolute atomic E-state index is 12.7. The molecule has 7 heteroatoms. The van der Waals surface area contributed by atoms with Crippen molar-refractivity contribution in [3.8, 4) is 0 Å². The largest absolute Gasteiger partial charge is 0.352 e. The maximum atomic E-state index is 12.7. The van der Waals surface area contributed by atoms with Crippen LogP contribution in [0.25, 0.3) is 17.0 Å². The molecule has 0 spiro atoms. The van der Waals surface area contributed by atoms with Crippen LogP contribution in [0, 0.1) is 0 Å². The summed E-state index contributed by atoms with van der Waals surface area (Å²) in [7, 11) is 1.95. The standard InChI is InChI=1S/C18H18F2N4O/c1-23-12-13(14-4-2-3-5-15(14)23)6-7-17(25)22-9-8-16-21-10-11-24(16)18(19)20/h2-7,10-12,18H,8-9H2,1H3,(H,22,25). The van der Waals surface area contributed by atoms with Crippen LogP contribution in [0.1, 0.15) is 17.9 Å². The molecular weight excluding hydrogens is 326 g/mol. The van der Waals surface area contributed by atoms with Gasteiger partial charge in [0.25, 0.3) is 0 Å².